The van der Waals surface area contributed by atoms with Crippen LogP contribution in [0.1, 0.15) is 33.6 Å². The van der Waals surface area contributed by atoms with E-state index in [2.05, 4.69) is 31.4 Å². The second kappa shape index (κ2) is 4.74. The van der Waals surface area contributed by atoms with Crippen molar-refractivity contribution in [3.05, 3.63) is 0 Å². The molecule has 92 valence electrons. The summed E-state index contributed by atoms with van der Waals surface area (Å²) >= 11 is 0. The Kier molecular flexibility index (Phi) is 3.53. The van der Waals surface area contributed by atoms with Crippen LogP contribution in [0.2, 0.25) is 0 Å². The molecule has 1 aliphatic carbocycles. The van der Waals surface area contributed by atoms with Gasteiger partial charge >= 0.3 is 0 Å². The molecule has 4 unspecified atom stereocenters. The molecule has 3 heteroatoms. The van der Waals surface area contributed by atoms with Gasteiger partial charge in [0.25, 0.3) is 0 Å². The number of hydrogen-bond donors (Lipinski definition) is 2. The van der Waals surface area contributed by atoms with Crippen molar-refractivity contribution in [2.24, 2.45) is 23.7 Å². The van der Waals surface area contributed by atoms with E-state index < -0.39 is 0 Å². The fourth-order valence-corrected chi connectivity index (χ4v) is 2.76. The molecule has 1 heterocycles. The van der Waals surface area contributed by atoms with Gasteiger partial charge in [0, 0.05) is 12.0 Å². The van der Waals surface area contributed by atoms with E-state index in [9.17, 15) is 4.79 Å². The molecule has 2 rings (SSSR count). The third kappa shape index (κ3) is 2.24. The molecule has 1 saturated heterocycles. The molecule has 2 fully saturated rings. The van der Waals surface area contributed by atoms with E-state index >= 15 is 0 Å². The summed E-state index contributed by atoms with van der Waals surface area (Å²) in [7, 11) is 0. The third-order valence-electron chi connectivity index (χ3n) is 4.73. The number of rotatable bonds is 3. The van der Waals surface area contributed by atoms with Crippen LogP contribution in [0.5, 0.6) is 0 Å². The van der Waals surface area contributed by atoms with Crippen molar-refractivity contribution in [3.8, 4) is 0 Å². The Balaban J connectivity index is 1.82. The summed E-state index contributed by atoms with van der Waals surface area (Å²) in [5, 5.41) is 6.47. The Morgan fingerprint density at radius 3 is 2.44 bits per heavy atom. The molecule has 2 N–H and O–H groups in total. The Bertz CT molecular complexity index is 263. The molecule has 1 saturated carbocycles. The monoisotopic (exact) mass is 224 g/mol. The van der Waals surface area contributed by atoms with Crippen molar-refractivity contribution in [3.63, 3.8) is 0 Å². The maximum Gasteiger partial charge on any atom is 0.223 e. The highest BCUT2D eigenvalue weighted by molar-refractivity contribution is 5.79. The highest BCUT2D eigenvalue weighted by atomic mass is 16.1. The minimum absolute atomic E-state index is 0.171. The number of carbonyl (C=O) groups excluding carboxylic acids is 1. The van der Waals surface area contributed by atoms with Crippen LogP contribution in [0.25, 0.3) is 0 Å². The topological polar surface area (TPSA) is 41.1 Å². The first-order chi connectivity index (χ1) is 7.59. The minimum atomic E-state index is 0.171. The second-order valence-corrected chi connectivity index (χ2v) is 5.74. The van der Waals surface area contributed by atoms with Gasteiger partial charge in [-0.05, 0) is 43.7 Å². The molecule has 2 aliphatic rings. The largest absolute Gasteiger partial charge is 0.353 e. The molecule has 0 aromatic rings. The van der Waals surface area contributed by atoms with Crippen molar-refractivity contribution in [2.75, 3.05) is 13.1 Å². The van der Waals surface area contributed by atoms with Crippen LogP contribution >= 0.6 is 0 Å². The third-order valence-corrected chi connectivity index (χ3v) is 4.73. The first kappa shape index (κ1) is 11.9. The van der Waals surface area contributed by atoms with Crippen LogP contribution in [-0.4, -0.2) is 25.0 Å². The van der Waals surface area contributed by atoms with Gasteiger partial charge in [0.05, 0.1) is 0 Å². The highest BCUT2D eigenvalue weighted by Gasteiger charge is 2.34. The predicted octanol–water partition coefficient (Wildman–Crippen LogP) is 1.39. The summed E-state index contributed by atoms with van der Waals surface area (Å²) < 4.78 is 0. The van der Waals surface area contributed by atoms with Gasteiger partial charge in [-0.25, -0.2) is 0 Å². The van der Waals surface area contributed by atoms with Crippen molar-refractivity contribution >= 4 is 5.91 Å². The molecule has 1 amide bonds. The molecule has 0 aromatic heterocycles. The lowest BCUT2D eigenvalue weighted by Crippen LogP contribution is -2.51. The molecule has 0 radical (unpaired) electrons. The van der Waals surface area contributed by atoms with Crippen molar-refractivity contribution < 1.29 is 4.79 Å². The van der Waals surface area contributed by atoms with Gasteiger partial charge in [-0.2, -0.15) is 0 Å². The highest BCUT2D eigenvalue weighted by Crippen LogP contribution is 2.31. The van der Waals surface area contributed by atoms with E-state index in [-0.39, 0.29) is 11.8 Å². The van der Waals surface area contributed by atoms with E-state index in [0.717, 1.165) is 25.4 Å². The van der Waals surface area contributed by atoms with Gasteiger partial charge in [0.1, 0.15) is 0 Å². The van der Waals surface area contributed by atoms with Gasteiger partial charge in [-0.1, -0.05) is 20.8 Å². The van der Waals surface area contributed by atoms with Crippen LogP contribution in [-0.2, 0) is 4.79 Å². The standard InChI is InChI=1S/C13H24N2O/c1-8-4-5-12(9(8)2)15-13(16)10(3)11-6-14-7-11/h8-12,14H,4-7H2,1-3H3,(H,15,16). The van der Waals surface area contributed by atoms with Gasteiger partial charge in [0.15, 0.2) is 0 Å². The SMILES string of the molecule is CC1CCC(NC(=O)C(C)C2CNC2)C1C. The zero-order valence-electron chi connectivity index (χ0n) is 10.6. The fourth-order valence-electron chi connectivity index (χ4n) is 2.76. The summed E-state index contributed by atoms with van der Waals surface area (Å²) in [6.45, 7) is 8.62. The lowest BCUT2D eigenvalue weighted by molar-refractivity contribution is -0.127. The second-order valence-electron chi connectivity index (χ2n) is 5.74. The lowest BCUT2D eigenvalue weighted by Gasteiger charge is -2.33. The maximum absolute atomic E-state index is 12.0. The number of nitrogens with one attached hydrogen (secondary N) is 2. The molecule has 0 bridgehead atoms. The molecular weight excluding hydrogens is 200 g/mol. The first-order valence-electron chi connectivity index (χ1n) is 6.60. The molecule has 0 aromatic carbocycles. The van der Waals surface area contributed by atoms with Crippen molar-refractivity contribution in [1.29, 1.82) is 0 Å². The summed E-state index contributed by atoms with van der Waals surface area (Å²) in [5.41, 5.74) is 0. The molecule has 0 spiro atoms. The van der Waals surface area contributed by atoms with Gasteiger partial charge in [-0.15, -0.1) is 0 Å². The van der Waals surface area contributed by atoms with E-state index in [1.807, 2.05) is 0 Å². The van der Waals surface area contributed by atoms with E-state index in [1.54, 1.807) is 0 Å². The van der Waals surface area contributed by atoms with Crippen LogP contribution in [0, 0.1) is 23.7 Å². The Hall–Kier alpha value is -0.570. The smallest absolute Gasteiger partial charge is 0.223 e. The van der Waals surface area contributed by atoms with Crippen molar-refractivity contribution in [1.82, 2.24) is 10.6 Å². The van der Waals surface area contributed by atoms with Gasteiger partial charge in [-0.3, -0.25) is 4.79 Å². The summed E-state index contributed by atoms with van der Waals surface area (Å²) in [4.78, 5) is 12.0. The number of hydrogen-bond acceptors (Lipinski definition) is 2. The minimum Gasteiger partial charge on any atom is -0.353 e. The van der Waals surface area contributed by atoms with Crippen LogP contribution < -0.4 is 10.6 Å². The van der Waals surface area contributed by atoms with Crippen LogP contribution in [0.15, 0.2) is 0 Å². The molecule has 4 atom stereocenters. The predicted molar refractivity (Wildman–Crippen MR) is 65.0 cm³/mol. The molecule has 1 aliphatic heterocycles. The maximum atomic E-state index is 12.0. The average Bonchev–Trinajstić information content (AvgIpc) is 2.47. The Morgan fingerprint density at radius 1 is 1.31 bits per heavy atom. The summed E-state index contributed by atoms with van der Waals surface area (Å²) in [6, 6.07) is 0.415. The molecule has 3 nitrogen and oxygen atoms in total. The average molecular weight is 224 g/mol. The van der Waals surface area contributed by atoms with E-state index in [0.29, 0.717) is 17.9 Å². The molecular formula is C13H24N2O. The van der Waals surface area contributed by atoms with E-state index in [1.165, 1.54) is 6.42 Å². The van der Waals surface area contributed by atoms with E-state index in [4.69, 9.17) is 0 Å². The quantitative estimate of drug-likeness (QED) is 0.760. The fraction of sp³-hybridized carbons (Fsp3) is 0.923. The summed E-state index contributed by atoms with van der Waals surface area (Å²) in [6.07, 6.45) is 2.41. The Morgan fingerprint density at radius 2 is 2.00 bits per heavy atom. The Labute approximate surface area is 98.4 Å². The normalized spacial score (nSPS) is 36.8. The lowest BCUT2D eigenvalue weighted by atomic mass is 9.88. The summed E-state index contributed by atoms with van der Waals surface area (Å²) in [5.74, 6) is 2.37. The van der Waals surface area contributed by atoms with Gasteiger partial charge < -0.3 is 10.6 Å². The van der Waals surface area contributed by atoms with Crippen molar-refractivity contribution in [2.45, 2.75) is 39.7 Å². The molecule has 16 heavy (non-hydrogen) atoms. The number of amides is 1. The van der Waals surface area contributed by atoms with Gasteiger partial charge in [0.2, 0.25) is 5.91 Å². The zero-order chi connectivity index (χ0) is 11.7. The zero-order valence-corrected chi connectivity index (χ0v) is 10.6. The van der Waals surface area contributed by atoms with Crippen LogP contribution in [0.4, 0.5) is 0 Å². The van der Waals surface area contributed by atoms with Crippen LogP contribution in [0.3, 0.4) is 0 Å². The number of carbonyl (C=O) groups is 1. The first-order valence-corrected chi connectivity index (χ1v) is 6.60.